The molecule has 0 heterocycles. The van der Waals surface area contributed by atoms with Crippen molar-refractivity contribution in [2.75, 3.05) is 5.75 Å². The van der Waals surface area contributed by atoms with Crippen LogP contribution in [0.5, 0.6) is 0 Å². The molecule has 0 bridgehead atoms. The zero-order valence-corrected chi connectivity index (χ0v) is 11.9. The van der Waals surface area contributed by atoms with E-state index in [1.165, 1.54) is 0 Å². The SMILES string of the molecule is CCCCS(=O)(=O)NCc1ccc(Cl)cc1Cl. The molecule has 0 amide bonds. The molecule has 0 aliphatic rings. The third-order valence-electron chi connectivity index (χ3n) is 2.26. The summed E-state index contributed by atoms with van der Waals surface area (Å²) in [5.74, 6) is 0.148. The van der Waals surface area contributed by atoms with Crippen LogP contribution in [0.4, 0.5) is 0 Å². The second-order valence-corrected chi connectivity index (χ2v) is 6.50. The fourth-order valence-electron chi connectivity index (χ4n) is 1.26. The molecule has 0 aromatic heterocycles. The lowest BCUT2D eigenvalue weighted by atomic mass is 10.2. The lowest BCUT2D eigenvalue weighted by Gasteiger charge is -2.07. The first-order chi connectivity index (χ1) is 7.94. The molecule has 0 unspecified atom stereocenters. The van der Waals surface area contributed by atoms with Gasteiger partial charge in [-0.05, 0) is 24.1 Å². The van der Waals surface area contributed by atoms with E-state index in [-0.39, 0.29) is 12.3 Å². The van der Waals surface area contributed by atoms with E-state index in [2.05, 4.69) is 4.72 Å². The van der Waals surface area contributed by atoms with Crippen LogP contribution >= 0.6 is 23.2 Å². The Morgan fingerprint density at radius 3 is 2.59 bits per heavy atom. The molecule has 1 rings (SSSR count). The Labute approximate surface area is 112 Å². The Kier molecular flexibility index (Phi) is 5.73. The number of rotatable bonds is 6. The van der Waals surface area contributed by atoms with E-state index in [1.807, 2.05) is 6.92 Å². The molecule has 0 atom stereocenters. The standard InChI is InChI=1S/C11H15Cl2NO2S/c1-2-3-6-17(15,16)14-8-9-4-5-10(12)7-11(9)13/h4-5,7,14H,2-3,6,8H2,1H3. The molecule has 1 aromatic rings. The number of unbranched alkanes of at least 4 members (excludes halogenated alkanes) is 1. The molecule has 17 heavy (non-hydrogen) atoms. The van der Waals surface area contributed by atoms with E-state index in [4.69, 9.17) is 23.2 Å². The van der Waals surface area contributed by atoms with Gasteiger partial charge in [-0.3, -0.25) is 0 Å². The summed E-state index contributed by atoms with van der Waals surface area (Å²) in [7, 11) is -3.21. The van der Waals surface area contributed by atoms with E-state index < -0.39 is 10.0 Å². The average Bonchev–Trinajstić information content (AvgIpc) is 2.25. The highest BCUT2D eigenvalue weighted by atomic mass is 35.5. The fraction of sp³-hybridized carbons (Fsp3) is 0.455. The molecule has 0 radical (unpaired) electrons. The third-order valence-corrected chi connectivity index (χ3v) is 4.26. The number of nitrogens with one attached hydrogen (secondary N) is 1. The fourth-order valence-corrected chi connectivity index (χ4v) is 2.92. The van der Waals surface area contributed by atoms with Crippen LogP contribution in [0.2, 0.25) is 10.0 Å². The summed E-state index contributed by atoms with van der Waals surface area (Å²) < 4.78 is 25.6. The van der Waals surface area contributed by atoms with E-state index in [9.17, 15) is 8.42 Å². The van der Waals surface area contributed by atoms with Crippen LogP contribution in [0.15, 0.2) is 18.2 Å². The second kappa shape index (κ2) is 6.59. The summed E-state index contributed by atoms with van der Waals surface area (Å²) in [5, 5.41) is 1.00. The normalized spacial score (nSPS) is 11.7. The quantitative estimate of drug-likeness (QED) is 0.876. The van der Waals surface area contributed by atoms with Crippen molar-refractivity contribution in [3.8, 4) is 0 Å². The first kappa shape index (κ1) is 14.8. The molecule has 96 valence electrons. The first-order valence-corrected chi connectivity index (χ1v) is 7.76. The summed E-state index contributed by atoms with van der Waals surface area (Å²) in [6, 6.07) is 4.99. The highest BCUT2D eigenvalue weighted by Gasteiger charge is 2.10. The highest BCUT2D eigenvalue weighted by molar-refractivity contribution is 7.89. The largest absolute Gasteiger partial charge is 0.212 e. The molecular weight excluding hydrogens is 281 g/mol. The highest BCUT2D eigenvalue weighted by Crippen LogP contribution is 2.20. The van der Waals surface area contributed by atoms with Crippen molar-refractivity contribution >= 4 is 33.2 Å². The van der Waals surface area contributed by atoms with Crippen LogP contribution in [-0.4, -0.2) is 14.2 Å². The van der Waals surface area contributed by atoms with Crippen molar-refractivity contribution in [1.82, 2.24) is 4.72 Å². The van der Waals surface area contributed by atoms with Crippen molar-refractivity contribution in [1.29, 1.82) is 0 Å². The Morgan fingerprint density at radius 1 is 1.29 bits per heavy atom. The molecular formula is C11H15Cl2NO2S. The zero-order valence-electron chi connectivity index (χ0n) is 9.54. The monoisotopic (exact) mass is 295 g/mol. The van der Waals surface area contributed by atoms with Gasteiger partial charge in [0.2, 0.25) is 10.0 Å². The number of hydrogen-bond donors (Lipinski definition) is 1. The summed E-state index contributed by atoms with van der Waals surface area (Å²) in [5.41, 5.74) is 0.719. The number of sulfonamides is 1. The minimum absolute atomic E-state index is 0.148. The van der Waals surface area contributed by atoms with E-state index >= 15 is 0 Å². The summed E-state index contributed by atoms with van der Waals surface area (Å²) in [6.45, 7) is 2.15. The van der Waals surface area contributed by atoms with Gasteiger partial charge in [-0.2, -0.15) is 0 Å². The predicted molar refractivity (Wildman–Crippen MR) is 72.0 cm³/mol. The van der Waals surface area contributed by atoms with Crippen LogP contribution in [-0.2, 0) is 16.6 Å². The molecule has 1 aromatic carbocycles. The lowest BCUT2D eigenvalue weighted by molar-refractivity contribution is 0.578. The topological polar surface area (TPSA) is 46.2 Å². The minimum Gasteiger partial charge on any atom is -0.212 e. The van der Waals surface area contributed by atoms with Crippen LogP contribution in [0.3, 0.4) is 0 Å². The van der Waals surface area contributed by atoms with E-state index in [1.54, 1.807) is 18.2 Å². The minimum atomic E-state index is -3.21. The van der Waals surface area contributed by atoms with Gasteiger partial charge in [0.25, 0.3) is 0 Å². The molecule has 0 aliphatic carbocycles. The van der Waals surface area contributed by atoms with Gasteiger partial charge < -0.3 is 0 Å². The maximum Gasteiger partial charge on any atom is 0.211 e. The zero-order chi connectivity index (χ0) is 12.9. The summed E-state index contributed by atoms with van der Waals surface area (Å²) in [6.07, 6.45) is 1.51. The second-order valence-electron chi connectivity index (χ2n) is 3.73. The summed E-state index contributed by atoms with van der Waals surface area (Å²) >= 11 is 11.7. The Morgan fingerprint density at radius 2 is 2.00 bits per heavy atom. The van der Waals surface area contributed by atoms with Crippen LogP contribution in [0.1, 0.15) is 25.3 Å². The first-order valence-electron chi connectivity index (χ1n) is 5.36. The number of halogens is 2. The van der Waals surface area contributed by atoms with Crippen LogP contribution < -0.4 is 4.72 Å². The van der Waals surface area contributed by atoms with Crippen molar-refractivity contribution in [2.24, 2.45) is 0 Å². The number of benzene rings is 1. The maximum atomic E-state index is 11.6. The van der Waals surface area contributed by atoms with Gasteiger partial charge in [0, 0.05) is 16.6 Å². The summed E-state index contributed by atoms with van der Waals surface area (Å²) in [4.78, 5) is 0. The molecule has 0 fully saturated rings. The molecule has 6 heteroatoms. The van der Waals surface area contributed by atoms with Gasteiger partial charge in [0.15, 0.2) is 0 Å². The molecule has 0 saturated heterocycles. The van der Waals surface area contributed by atoms with Gasteiger partial charge in [-0.25, -0.2) is 13.1 Å². The molecule has 3 nitrogen and oxygen atoms in total. The molecule has 0 spiro atoms. The van der Waals surface area contributed by atoms with Crippen LogP contribution in [0.25, 0.3) is 0 Å². The molecule has 0 aliphatic heterocycles. The number of hydrogen-bond acceptors (Lipinski definition) is 2. The Balaban J connectivity index is 2.61. The van der Waals surface area contributed by atoms with E-state index in [0.29, 0.717) is 16.5 Å². The van der Waals surface area contributed by atoms with Crippen molar-refractivity contribution in [2.45, 2.75) is 26.3 Å². The van der Waals surface area contributed by atoms with Gasteiger partial charge in [0.1, 0.15) is 0 Å². The molecule has 0 saturated carbocycles. The van der Waals surface area contributed by atoms with Gasteiger partial charge in [-0.1, -0.05) is 42.6 Å². The van der Waals surface area contributed by atoms with E-state index in [0.717, 1.165) is 12.0 Å². The van der Waals surface area contributed by atoms with Crippen molar-refractivity contribution in [3.63, 3.8) is 0 Å². The average molecular weight is 296 g/mol. The third kappa shape index (κ3) is 5.25. The van der Waals surface area contributed by atoms with Crippen molar-refractivity contribution < 1.29 is 8.42 Å². The Hall–Kier alpha value is -0.290. The van der Waals surface area contributed by atoms with Crippen LogP contribution in [0, 0.1) is 0 Å². The molecule has 1 N–H and O–H groups in total. The van der Waals surface area contributed by atoms with Gasteiger partial charge in [0.05, 0.1) is 5.75 Å². The Bertz CT molecular complexity index is 474. The van der Waals surface area contributed by atoms with Gasteiger partial charge >= 0.3 is 0 Å². The predicted octanol–water partition coefficient (Wildman–Crippen LogP) is 3.21. The van der Waals surface area contributed by atoms with Crippen molar-refractivity contribution in [3.05, 3.63) is 33.8 Å². The smallest absolute Gasteiger partial charge is 0.211 e. The maximum absolute atomic E-state index is 11.6. The van der Waals surface area contributed by atoms with Gasteiger partial charge in [-0.15, -0.1) is 0 Å². The lowest BCUT2D eigenvalue weighted by Crippen LogP contribution is -2.26.